The fraction of sp³-hybridized carbons (Fsp3) is 0.643. The number of rotatable bonds is 5. The molecule has 1 fully saturated rings. The fourth-order valence-electron chi connectivity index (χ4n) is 2.56. The Morgan fingerprint density at radius 3 is 3.11 bits per heavy atom. The van der Waals surface area contributed by atoms with E-state index in [1.54, 1.807) is 13.3 Å². The molecule has 1 aliphatic heterocycles. The fourth-order valence-corrected chi connectivity index (χ4v) is 2.56. The second-order valence-electron chi connectivity index (χ2n) is 4.81. The molecule has 0 aromatic carbocycles. The van der Waals surface area contributed by atoms with Gasteiger partial charge >= 0.3 is 0 Å². The zero-order chi connectivity index (χ0) is 13.5. The van der Waals surface area contributed by atoms with Gasteiger partial charge in [-0.05, 0) is 38.1 Å². The zero-order valence-corrected chi connectivity index (χ0v) is 11.9. The summed E-state index contributed by atoms with van der Waals surface area (Å²) in [4.78, 5) is 6.75. The van der Waals surface area contributed by atoms with Gasteiger partial charge in [-0.1, -0.05) is 6.92 Å². The van der Waals surface area contributed by atoms with Crippen molar-refractivity contribution in [3.63, 3.8) is 0 Å². The van der Waals surface area contributed by atoms with Gasteiger partial charge in [0.15, 0.2) is 5.96 Å². The predicted octanol–water partition coefficient (Wildman–Crippen LogP) is 1.43. The minimum atomic E-state index is 0.632. The van der Waals surface area contributed by atoms with Crippen molar-refractivity contribution in [2.24, 2.45) is 4.99 Å². The molecule has 106 valence electrons. The highest BCUT2D eigenvalue weighted by Crippen LogP contribution is 2.15. The van der Waals surface area contributed by atoms with Gasteiger partial charge in [-0.2, -0.15) is 0 Å². The number of likely N-dealkylation sites (tertiary alicyclic amines) is 1. The highest BCUT2D eigenvalue weighted by atomic mass is 16.3. The molecule has 0 radical (unpaired) electrons. The number of aliphatic imine (C=N–C) groups is 1. The quantitative estimate of drug-likeness (QED) is 0.624. The normalized spacial score (nSPS) is 20.7. The van der Waals surface area contributed by atoms with Gasteiger partial charge in [-0.3, -0.25) is 9.89 Å². The van der Waals surface area contributed by atoms with Crippen molar-refractivity contribution >= 4 is 5.96 Å². The monoisotopic (exact) mass is 264 g/mol. The third-order valence-corrected chi connectivity index (χ3v) is 3.64. The van der Waals surface area contributed by atoms with E-state index >= 15 is 0 Å². The van der Waals surface area contributed by atoms with E-state index in [0.717, 1.165) is 24.8 Å². The molecule has 1 saturated heterocycles. The van der Waals surface area contributed by atoms with E-state index in [1.807, 2.05) is 12.1 Å². The molecule has 2 rings (SSSR count). The summed E-state index contributed by atoms with van der Waals surface area (Å²) in [6, 6.07) is 4.48. The van der Waals surface area contributed by atoms with Crippen molar-refractivity contribution in [3.05, 3.63) is 24.2 Å². The molecule has 1 atom stereocenters. The maximum atomic E-state index is 5.29. The molecule has 0 aliphatic carbocycles. The van der Waals surface area contributed by atoms with E-state index in [2.05, 4.69) is 27.4 Å². The number of hydrogen-bond acceptors (Lipinski definition) is 3. The molecule has 5 heteroatoms. The van der Waals surface area contributed by atoms with Crippen LogP contribution in [0.1, 0.15) is 25.5 Å². The number of likely N-dealkylation sites (N-methyl/N-ethyl adjacent to an activating group) is 1. The summed E-state index contributed by atoms with van der Waals surface area (Å²) >= 11 is 0. The molecule has 19 heavy (non-hydrogen) atoms. The van der Waals surface area contributed by atoms with Crippen LogP contribution in [0.3, 0.4) is 0 Å². The van der Waals surface area contributed by atoms with Crippen molar-refractivity contribution in [1.29, 1.82) is 0 Å². The molecule has 2 N–H and O–H groups in total. The van der Waals surface area contributed by atoms with Gasteiger partial charge in [0.05, 0.1) is 12.8 Å². The Kier molecular flexibility index (Phi) is 5.27. The summed E-state index contributed by atoms with van der Waals surface area (Å²) in [7, 11) is 1.80. The van der Waals surface area contributed by atoms with Crippen LogP contribution in [0.2, 0.25) is 0 Å². The summed E-state index contributed by atoms with van der Waals surface area (Å²) in [6.45, 7) is 6.19. The minimum absolute atomic E-state index is 0.632. The molecule has 1 aliphatic rings. The van der Waals surface area contributed by atoms with E-state index < -0.39 is 0 Å². The Morgan fingerprint density at radius 2 is 2.42 bits per heavy atom. The van der Waals surface area contributed by atoms with Gasteiger partial charge in [-0.15, -0.1) is 0 Å². The van der Waals surface area contributed by atoms with Gasteiger partial charge in [0.25, 0.3) is 0 Å². The van der Waals surface area contributed by atoms with E-state index in [4.69, 9.17) is 4.42 Å². The number of hydrogen-bond donors (Lipinski definition) is 2. The Bertz CT molecular complexity index is 388. The summed E-state index contributed by atoms with van der Waals surface area (Å²) in [5.41, 5.74) is 0. The molecule has 5 nitrogen and oxygen atoms in total. The molecule has 1 aromatic heterocycles. The number of furan rings is 1. The first-order valence-electron chi connectivity index (χ1n) is 7.04. The van der Waals surface area contributed by atoms with Crippen LogP contribution in [-0.2, 0) is 6.54 Å². The predicted molar refractivity (Wildman–Crippen MR) is 77.2 cm³/mol. The zero-order valence-electron chi connectivity index (χ0n) is 11.9. The Labute approximate surface area is 115 Å². The van der Waals surface area contributed by atoms with Gasteiger partial charge in [-0.25, -0.2) is 0 Å². The largest absolute Gasteiger partial charge is 0.467 e. The molecular weight excluding hydrogens is 240 g/mol. The summed E-state index contributed by atoms with van der Waals surface area (Å²) in [6.07, 6.45) is 4.26. The maximum absolute atomic E-state index is 5.29. The van der Waals surface area contributed by atoms with Crippen LogP contribution in [0.4, 0.5) is 0 Å². The maximum Gasteiger partial charge on any atom is 0.191 e. The van der Waals surface area contributed by atoms with Crippen molar-refractivity contribution in [2.45, 2.75) is 32.4 Å². The second-order valence-corrected chi connectivity index (χ2v) is 4.81. The number of nitrogens with one attached hydrogen (secondary N) is 2. The first-order valence-corrected chi connectivity index (χ1v) is 7.04. The van der Waals surface area contributed by atoms with E-state index in [1.165, 1.54) is 19.4 Å². The van der Waals surface area contributed by atoms with E-state index in [0.29, 0.717) is 12.6 Å². The molecule has 0 saturated carbocycles. The van der Waals surface area contributed by atoms with Crippen LogP contribution in [-0.4, -0.2) is 43.6 Å². The smallest absolute Gasteiger partial charge is 0.191 e. The van der Waals surface area contributed by atoms with Crippen molar-refractivity contribution in [1.82, 2.24) is 15.5 Å². The Balaban J connectivity index is 1.73. The topological polar surface area (TPSA) is 52.8 Å². The lowest BCUT2D eigenvalue weighted by molar-refractivity contribution is 0.267. The Morgan fingerprint density at radius 1 is 1.53 bits per heavy atom. The average molecular weight is 264 g/mol. The van der Waals surface area contributed by atoms with Crippen LogP contribution in [0, 0.1) is 0 Å². The lowest BCUT2D eigenvalue weighted by Gasteiger charge is -2.23. The third kappa shape index (κ3) is 3.99. The van der Waals surface area contributed by atoms with Crippen LogP contribution < -0.4 is 10.6 Å². The standard InChI is InChI=1S/C14H24N4O/c1-3-18-8-4-6-12(18)10-16-14(15-2)17-11-13-7-5-9-19-13/h5,7,9,12H,3-4,6,8,10-11H2,1-2H3,(H2,15,16,17). The second kappa shape index (κ2) is 7.19. The molecule has 1 unspecified atom stereocenters. The number of nitrogens with zero attached hydrogens (tertiary/aromatic N) is 2. The molecule has 0 amide bonds. The van der Waals surface area contributed by atoms with Crippen LogP contribution in [0.25, 0.3) is 0 Å². The first-order chi connectivity index (χ1) is 9.33. The van der Waals surface area contributed by atoms with Crippen molar-refractivity contribution < 1.29 is 4.42 Å². The number of guanidine groups is 1. The van der Waals surface area contributed by atoms with Gasteiger partial charge in [0.2, 0.25) is 0 Å². The molecule has 0 spiro atoms. The van der Waals surface area contributed by atoms with Crippen molar-refractivity contribution in [3.8, 4) is 0 Å². The Hall–Kier alpha value is -1.49. The van der Waals surface area contributed by atoms with Crippen LogP contribution >= 0.6 is 0 Å². The SMILES string of the molecule is CCN1CCCC1CNC(=NC)NCc1ccco1. The highest BCUT2D eigenvalue weighted by Gasteiger charge is 2.22. The van der Waals surface area contributed by atoms with Gasteiger partial charge in [0.1, 0.15) is 5.76 Å². The van der Waals surface area contributed by atoms with Gasteiger partial charge < -0.3 is 15.1 Å². The molecule has 2 heterocycles. The first kappa shape index (κ1) is 13.9. The molecule has 0 bridgehead atoms. The summed E-state index contributed by atoms with van der Waals surface area (Å²) < 4.78 is 5.29. The minimum Gasteiger partial charge on any atom is -0.467 e. The van der Waals surface area contributed by atoms with E-state index in [9.17, 15) is 0 Å². The molecule has 1 aromatic rings. The van der Waals surface area contributed by atoms with Crippen molar-refractivity contribution in [2.75, 3.05) is 26.7 Å². The highest BCUT2D eigenvalue weighted by molar-refractivity contribution is 5.79. The third-order valence-electron chi connectivity index (χ3n) is 3.64. The molecular formula is C14H24N4O. The lowest BCUT2D eigenvalue weighted by Crippen LogP contribution is -2.44. The van der Waals surface area contributed by atoms with E-state index in [-0.39, 0.29) is 0 Å². The van der Waals surface area contributed by atoms with Crippen LogP contribution in [0.5, 0.6) is 0 Å². The van der Waals surface area contributed by atoms with Gasteiger partial charge in [0, 0.05) is 19.6 Å². The summed E-state index contributed by atoms with van der Waals surface area (Å²) in [5.74, 6) is 1.75. The summed E-state index contributed by atoms with van der Waals surface area (Å²) in [5, 5.41) is 6.65. The average Bonchev–Trinajstić information content (AvgIpc) is 3.09. The lowest BCUT2D eigenvalue weighted by atomic mass is 10.2. The van der Waals surface area contributed by atoms with Crippen LogP contribution in [0.15, 0.2) is 27.8 Å².